The van der Waals surface area contributed by atoms with E-state index < -0.39 is 0 Å². The number of aromatic nitrogens is 1. The number of carbonyl (C=O) groups excluding carboxylic acids is 1. The molecule has 5 heteroatoms. The summed E-state index contributed by atoms with van der Waals surface area (Å²) in [4.78, 5) is 20.9. The van der Waals surface area contributed by atoms with Crippen molar-refractivity contribution in [3.05, 3.63) is 24.4 Å². The maximum atomic E-state index is 12.0. The second-order valence-electron chi connectivity index (χ2n) is 5.55. The van der Waals surface area contributed by atoms with E-state index in [9.17, 15) is 4.79 Å². The Morgan fingerprint density at radius 3 is 2.45 bits per heavy atom. The van der Waals surface area contributed by atoms with Gasteiger partial charge in [0, 0.05) is 38.4 Å². The summed E-state index contributed by atoms with van der Waals surface area (Å²) < 4.78 is 0. The van der Waals surface area contributed by atoms with Crippen molar-refractivity contribution in [1.82, 2.24) is 15.2 Å². The van der Waals surface area contributed by atoms with Crippen LogP contribution in [0.1, 0.15) is 20.8 Å². The Balaban J connectivity index is 1.86. The van der Waals surface area contributed by atoms with Gasteiger partial charge < -0.3 is 10.2 Å². The first-order valence-corrected chi connectivity index (χ1v) is 7.28. The molecule has 1 N–H and O–H groups in total. The highest BCUT2D eigenvalue weighted by Crippen LogP contribution is 2.14. The number of pyridine rings is 1. The quantitative estimate of drug-likeness (QED) is 0.895. The van der Waals surface area contributed by atoms with Gasteiger partial charge in [0.25, 0.3) is 0 Å². The first-order valence-electron chi connectivity index (χ1n) is 7.28. The lowest BCUT2D eigenvalue weighted by Crippen LogP contribution is -2.54. The van der Waals surface area contributed by atoms with E-state index in [2.05, 4.69) is 20.1 Å². The highest BCUT2D eigenvalue weighted by Gasteiger charge is 2.26. The number of amides is 1. The zero-order valence-corrected chi connectivity index (χ0v) is 12.5. The summed E-state index contributed by atoms with van der Waals surface area (Å²) in [5.41, 5.74) is 0. The molecule has 2 heterocycles. The minimum atomic E-state index is -0.0664. The average molecular weight is 276 g/mol. The predicted octanol–water partition coefficient (Wildman–Crippen LogP) is 1.12. The molecular weight excluding hydrogens is 252 g/mol. The lowest BCUT2D eigenvalue weighted by atomic mass is 10.2. The van der Waals surface area contributed by atoms with Crippen molar-refractivity contribution in [3.63, 3.8) is 0 Å². The van der Waals surface area contributed by atoms with E-state index in [0.29, 0.717) is 0 Å². The number of carbonyl (C=O) groups is 1. The molecule has 0 bridgehead atoms. The topological polar surface area (TPSA) is 48.5 Å². The molecule has 1 aliphatic heterocycles. The number of nitrogens with zero attached hydrogens (tertiary/aromatic N) is 3. The van der Waals surface area contributed by atoms with Crippen LogP contribution in [0.25, 0.3) is 0 Å². The molecule has 20 heavy (non-hydrogen) atoms. The van der Waals surface area contributed by atoms with E-state index in [4.69, 9.17) is 0 Å². The summed E-state index contributed by atoms with van der Waals surface area (Å²) in [6, 6.07) is 6.10. The molecule has 1 amide bonds. The molecule has 1 unspecified atom stereocenters. The van der Waals surface area contributed by atoms with E-state index in [1.807, 2.05) is 45.2 Å². The zero-order valence-electron chi connectivity index (χ0n) is 12.5. The third-order valence-electron chi connectivity index (χ3n) is 3.65. The Kier molecular flexibility index (Phi) is 4.95. The monoisotopic (exact) mass is 276 g/mol. The van der Waals surface area contributed by atoms with E-state index in [1.165, 1.54) is 0 Å². The third-order valence-corrected chi connectivity index (χ3v) is 3.65. The Bertz CT molecular complexity index is 427. The zero-order chi connectivity index (χ0) is 14.5. The number of anilines is 1. The summed E-state index contributed by atoms with van der Waals surface area (Å²) in [5.74, 6) is 1.14. The molecular formula is C15H24N4O. The van der Waals surface area contributed by atoms with Crippen molar-refractivity contribution in [3.8, 4) is 0 Å². The van der Waals surface area contributed by atoms with Crippen LogP contribution in [0.15, 0.2) is 24.4 Å². The molecule has 110 valence electrons. The van der Waals surface area contributed by atoms with Gasteiger partial charge in [-0.15, -0.1) is 0 Å². The normalized spacial score (nSPS) is 18.1. The summed E-state index contributed by atoms with van der Waals surface area (Å²) in [7, 11) is 0. The summed E-state index contributed by atoms with van der Waals surface area (Å²) >= 11 is 0. The van der Waals surface area contributed by atoms with Crippen molar-refractivity contribution >= 4 is 11.7 Å². The summed E-state index contributed by atoms with van der Waals surface area (Å²) in [5, 5.41) is 2.98. The standard InChI is InChI=1S/C15H24N4O/c1-12(2)17-15(20)13(3)18-8-10-19(11-9-18)14-6-4-5-7-16-14/h4-7,12-13H,8-11H2,1-3H3,(H,17,20). The minimum Gasteiger partial charge on any atom is -0.354 e. The second-order valence-corrected chi connectivity index (χ2v) is 5.55. The van der Waals surface area contributed by atoms with Crippen molar-refractivity contribution in [1.29, 1.82) is 0 Å². The molecule has 0 aromatic carbocycles. The molecule has 5 nitrogen and oxygen atoms in total. The molecule has 1 aromatic heterocycles. The first kappa shape index (κ1) is 14.8. The van der Waals surface area contributed by atoms with Crippen LogP contribution in [0.5, 0.6) is 0 Å². The molecule has 0 radical (unpaired) electrons. The molecule has 1 saturated heterocycles. The number of rotatable bonds is 4. The fourth-order valence-electron chi connectivity index (χ4n) is 2.45. The van der Waals surface area contributed by atoms with Crippen LogP contribution in [-0.4, -0.2) is 54.1 Å². The largest absolute Gasteiger partial charge is 0.354 e. The minimum absolute atomic E-state index is 0.0664. The second kappa shape index (κ2) is 6.70. The van der Waals surface area contributed by atoms with Gasteiger partial charge in [-0.3, -0.25) is 9.69 Å². The van der Waals surface area contributed by atoms with Gasteiger partial charge >= 0.3 is 0 Å². The van der Waals surface area contributed by atoms with Crippen LogP contribution in [-0.2, 0) is 4.79 Å². The van der Waals surface area contributed by atoms with Gasteiger partial charge in [-0.25, -0.2) is 4.98 Å². The van der Waals surface area contributed by atoms with E-state index in [1.54, 1.807) is 0 Å². The van der Waals surface area contributed by atoms with Crippen LogP contribution >= 0.6 is 0 Å². The van der Waals surface area contributed by atoms with Crippen molar-refractivity contribution in [2.24, 2.45) is 0 Å². The van der Waals surface area contributed by atoms with Crippen molar-refractivity contribution < 1.29 is 4.79 Å². The van der Waals surface area contributed by atoms with Gasteiger partial charge in [0.15, 0.2) is 0 Å². The van der Waals surface area contributed by atoms with Gasteiger partial charge in [-0.05, 0) is 32.9 Å². The van der Waals surface area contributed by atoms with Gasteiger partial charge in [-0.2, -0.15) is 0 Å². The van der Waals surface area contributed by atoms with Crippen LogP contribution in [0.2, 0.25) is 0 Å². The number of piperazine rings is 1. The highest BCUT2D eigenvalue weighted by atomic mass is 16.2. The lowest BCUT2D eigenvalue weighted by molar-refractivity contribution is -0.126. The fraction of sp³-hybridized carbons (Fsp3) is 0.600. The van der Waals surface area contributed by atoms with Crippen LogP contribution < -0.4 is 10.2 Å². The van der Waals surface area contributed by atoms with E-state index in [0.717, 1.165) is 32.0 Å². The van der Waals surface area contributed by atoms with Crippen molar-refractivity contribution in [2.75, 3.05) is 31.1 Å². The molecule has 1 aromatic rings. The highest BCUT2D eigenvalue weighted by molar-refractivity contribution is 5.81. The van der Waals surface area contributed by atoms with Gasteiger partial charge in [-0.1, -0.05) is 6.07 Å². The Morgan fingerprint density at radius 2 is 1.90 bits per heavy atom. The smallest absolute Gasteiger partial charge is 0.237 e. The third kappa shape index (κ3) is 3.70. The SMILES string of the molecule is CC(C)NC(=O)C(C)N1CCN(c2ccccn2)CC1. The van der Waals surface area contributed by atoms with Gasteiger partial charge in [0.1, 0.15) is 5.82 Å². The molecule has 0 saturated carbocycles. The van der Waals surface area contributed by atoms with Crippen LogP contribution in [0.3, 0.4) is 0 Å². The summed E-state index contributed by atoms with van der Waals surface area (Å²) in [6.07, 6.45) is 1.82. The Labute approximate surface area is 121 Å². The maximum absolute atomic E-state index is 12.0. The lowest BCUT2D eigenvalue weighted by Gasteiger charge is -2.38. The van der Waals surface area contributed by atoms with Crippen molar-refractivity contribution in [2.45, 2.75) is 32.9 Å². The Morgan fingerprint density at radius 1 is 1.20 bits per heavy atom. The molecule has 0 spiro atoms. The van der Waals surface area contributed by atoms with Crippen LogP contribution in [0, 0.1) is 0 Å². The molecule has 2 rings (SSSR count). The van der Waals surface area contributed by atoms with E-state index in [-0.39, 0.29) is 18.0 Å². The molecule has 0 aliphatic carbocycles. The summed E-state index contributed by atoms with van der Waals surface area (Å²) in [6.45, 7) is 9.57. The molecule has 1 fully saturated rings. The fourth-order valence-corrected chi connectivity index (χ4v) is 2.45. The number of nitrogens with one attached hydrogen (secondary N) is 1. The average Bonchev–Trinajstić information content (AvgIpc) is 2.47. The Hall–Kier alpha value is -1.62. The number of hydrogen-bond donors (Lipinski definition) is 1. The number of hydrogen-bond acceptors (Lipinski definition) is 4. The van der Waals surface area contributed by atoms with Gasteiger partial charge in [0.2, 0.25) is 5.91 Å². The molecule has 1 aliphatic rings. The predicted molar refractivity (Wildman–Crippen MR) is 80.8 cm³/mol. The van der Waals surface area contributed by atoms with Crippen LogP contribution in [0.4, 0.5) is 5.82 Å². The first-order chi connectivity index (χ1) is 9.58. The maximum Gasteiger partial charge on any atom is 0.237 e. The molecule has 1 atom stereocenters. The van der Waals surface area contributed by atoms with Gasteiger partial charge in [0.05, 0.1) is 6.04 Å². The van der Waals surface area contributed by atoms with E-state index >= 15 is 0 Å².